The fourth-order valence-corrected chi connectivity index (χ4v) is 2.44. The second-order valence-electron chi connectivity index (χ2n) is 4.39. The standard InChI is InChI=1S/C15H18FNOS/c1-12-10-14(2-3-15(12)16)18-8-7-17-6-4-13-5-9-19-11-13/h2-3,5,9-11,17H,4,6-8H2,1H3. The van der Waals surface area contributed by atoms with E-state index in [1.54, 1.807) is 30.4 Å². The lowest BCUT2D eigenvalue weighted by atomic mass is 10.2. The molecule has 0 radical (unpaired) electrons. The number of aryl methyl sites for hydroxylation is 1. The molecule has 2 nitrogen and oxygen atoms in total. The molecular weight excluding hydrogens is 261 g/mol. The van der Waals surface area contributed by atoms with Crippen LogP contribution in [0.25, 0.3) is 0 Å². The Morgan fingerprint density at radius 1 is 1.26 bits per heavy atom. The van der Waals surface area contributed by atoms with E-state index in [1.165, 1.54) is 11.6 Å². The Balaban J connectivity index is 1.60. The van der Waals surface area contributed by atoms with Crippen LogP contribution < -0.4 is 10.1 Å². The van der Waals surface area contributed by atoms with Crippen molar-refractivity contribution in [1.82, 2.24) is 5.32 Å². The summed E-state index contributed by atoms with van der Waals surface area (Å²) in [6.45, 7) is 4.07. The van der Waals surface area contributed by atoms with Crippen LogP contribution in [0.4, 0.5) is 4.39 Å². The van der Waals surface area contributed by atoms with Crippen molar-refractivity contribution >= 4 is 11.3 Å². The number of hydrogen-bond acceptors (Lipinski definition) is 3. The van der Waals surface area contributed by atoms with E-state index >= 15 is 0 Å². The van der Waals surface area contributed by atoms with Gasteiger partial charge in [0.2, 0.25) is 0 Å². The van der Waals surface area contributed by atoms with E-state index in [-0.39, 0.29) is 5.82 Å². The summed E-state index contributed by atoms with van der Waals surface area (Å²) in [6, 6.07) is 6.97. The molecule has 2 rings (SSSR count). The highest BCUT2D eigenvalue weighted by molar-refractivity contribution is 7.07. The average Bonchev–Trinajstić information content (AvgIpc) is 2.91. The van der Waals surface area contributed by atoms with E-state index in [4.69, 9.17) is 4.74 Å². The Morgan fingerprint density at radius 3 is 2.89 bits per heavy atom. The number of halogens is 1. The molecule has 102 valence electrons. The van der Waals surface area contributed by atoms with Crippen LogP contribution in [-0.4, -0.2) is 19.7 Å². The quantitative estimate of drug-likeness (QED) is 0.784. The van der Waals surface area contributed by atoms with Crippen molar-refractivity contribution in [3.8, 4) is 5.75 Å². The summed E-state index contributed by atoms with van der Waals surface area (Å²) in [5, 5.41) is 7.58. The van der Waals surface area contributed by atoms with Gasteiger partial charge in [-0.1, -0.05) is 0 Å². The monoisotopic (exact) mass is 279 g/mol. The Hall–Kier alpha value is -1.39. The van der Waals surface area contributed by atoms with E-state index in [0.717, 1.165) is 25.3 Å². The minimum atomic E-state index is -0.193. The smallest absolute Gasteiger partial charge is 0.126 e. The van der Waals surface area contributed by atoms with Crippen molar-refractivity contribution in [3.63, 3.8) is 0 Å². The molecule has 2 aromatic rings. The SMILES string of the molecule is Cc1cc(OCCNCCc2ccsc2)ccc1F. The largest absolute Gasteiger partial charge is 0.492 e. The molecule has 0 fully saturated rings. The average molecular weight is 279 g/mol. The van der Waals surface area contributed by atoms with Gasteiger partial charge in [0.25, 0.3) is 0 Å². The second kappa shape index (κ2) is 7.26. The molecule has 0 saturated heterocycles. The number of ether oxygens (including phenoxy) is 1. The van der Waals surface area contributed by atoms with E-state index in [0.29, 0.717) is 12.2 Å². The number of benzene rings is 1. The van der Waals surface area contributed by atoms with Gasteiger partial charge in [-0.2, -0.15) is 11.3 Å². The molecule has 0 atom stereocenters. The molecule has 1 aromatic heterocycles. The van der Waals surface area contributed by atoms with Crippen LogP contribution in [0.5, 0.6) is 5.75 Å². The molecule has 0 amide bonds. The van der Waals surface area contributed by atoms with Crippen molar-refractivity contribution in [1.29, 1.82) is 0 Å². The van der Waals surface area contributed by atoms with Crippen molar-refractivity contribution in [2.24, 2.45) is 0 Å². The highest BCUT2D eigenvalue weighted by Crippen LogP contribution is 2.15. The minimum absolute atomic E-state index is 0.193. The zero-order valence-electron chi connectivity index (χ0n) is 11.0. The molecule has 1 N–H and O–H groups in total. The molecular formula is C15H18FNOS. The number of hydrogen-bond donors (Lipinski definition) is 1. The summed E-state index contributed by atoms with van der Waals surface area (Å²) >= 11 is 1.72. The van der Waals surface area contributed by atoms with Gasteiger partial charge in [0.05, 0.1) is 0 Å². The first-order chi connectivity index (χ1) is 9.25. The molecule has 0 aliphatic heterocycles. The summed E-state index contributed by atoms with van der Waals surface area (Å²) in [4.78, 5) is 0. The van der Waals surface area contributed by atoms with Crippen LogP contribution in [-0.2, 0) is 6.42 Å². The van der Waals surface area contributed by atoms with E-state index < -0.39 is 0 Å². The highest BCUT2D eigenvalue weighted by Gasteiger charge is 1.99. The predicted molar refractivity (Wildman–Crippen MR) is 77.5 cm³/mol. The zero-order valence-corrected chi connectivity index (χ0v) is 11.8. The Bertz CT molecular complexity index is 499. The minimum Gasteiger partial charge on any atom is -0.492 e. The molecule has 1 aromatic carbocycles. The molecule has 0 aliphatic rings. The lowest BCUT2D eigenvalue weighted by Gasteiger charge is -2.08. The van der Waals surface area contributed by atoms with Gasteiger partial charge in [0.1, 0.15) is 18.2 Å². The van der Waals surface area contributed by atoms with E-state index in [1.807, 2.05) is 0 Å². The number of rotatable bonds is 7. The number of thiophene rings is 1. The molecule has 0 saturated carbocycles. The summed E-state index contributed by atoms with van der Waals surface area (Å²) in [6.07, 6.45) is 1.04. The Kier molecular flexibility index (Phi) is 5.36. The van der Waals surface area contributed by atoms with Crippen LogP contribution in [0.15, 0.2) is 35.0 Å². The summed E-state index contributed by atoms with van der Waals surface area (Å²) in [5.74, 6) is 0.528. The lowest BCUT2D eigenvalue weighted by molar-refractivity contribution is 0.314. The number of nitrogens with one attached hydrogen (secondary N) is 1. The van der Waals surface area contributed by atoms with Crippen LogP contribution in [0, 0.1) is 12.7 Å². The lowest BCUT2D eigenvalue weighted by Crippen LogP contribution is -2.23. The zero-order chi connectivity index (χ0) is 13.5. The maximum Gasteiger partial charge on any atom is 0.126 e. The third-order valence-electron chi connectivity index (χ3n) is 2.85. The van der Waals surface area contributed by atoms with Crippen molar-refractivity contribution < 1.29 is 9.13 Å². The van der Waals surface area contributed by atoms with Crippen LogP contribution >= 0.6 is 11.3 Å². The van der Waals surface area contributed by atoms with Gasteiger partial charge < -0.3 is 10.1 Å². The maximum atomic E-state index is 13.1. The molecule has 0 bridgehead atoms. The topological polar surface area (TPSA) is 21.3 Å². The van der Waals surface area contributed by atoms with Gasteiger partial charge >= 0.3 is 0 Å². The summed E-state index contributed by atoms with van der Waals surface area (Å²) < 4.78 is 18.6. The van der Waals surface area contributed by atoms with Gasteiger partial charge in [-0.05, 0) is 66.0 Å². The first kappa shape index (κ1) is 14.0. The van der Waals surface area contributed by atoms with Gasteiger partial charge in [-0.3, -0.25) is 0 Å². The van der Waals surface area contributed by atoms with Crippen molar-refractivity contribution in [2.45, 2.75) is 13.3 Å². The van der Waals surface area contributed by atoms with E-state index in [9.17, 15) is 4.39 Å². The van der Waals surface area contributed by atoms with Crippen molar-refractivity contribution in [2.75, 3.05) is 19.7 Å². The fourth-order valence-electron chi connectivity index (χ4n) is 1.74. The summed E-state index contributed by atoms with van der Waals surface area (Å²) in [5.41, 5.74) is 1.98. The highest BCUT2D eigenvalue weighted by atomic mass is 32.1. The van der Waals surface area contributed by atoms with E-state index in [2.05, 4.69) is 22.1 Å². The third-order valence-corrected chi connectivity index (χ3v) is 3.58. The molecule has 0 unspecified atom stereocenters. The first-order valence-corrected chi connectivity index (χ1v) is 7.31. The predicted octanol–water partition coefficient (Wildman–Crippen LogP) is 3.41. The fraction of sp³-hybridized carbons (Fsp3) is 0.333. The van der Waals surface area contributed by atoms with Crippen molar-refractivity contribution in [3.05, 3.63) is 52.0 Å². The third kappa shape index (κ3) is 4.65. The van der Waals surface area contributed by atoms with Crippen LogP contribution in [0.1, 0.15) is 11.1 Å². The van der Waals surface area contributed by atoms with Crippen LogP contribution in [0.2, 0.25) is 0 Å². The van der Waals surface area contributed by atoms with Gasteiger partial charge in [-0.25, -0.2) is 4.39 Å². The summed E-state index contributed by atoms with van der Waals surface area (Å²) in [7, 11) is 0. The second-order valence-corrected chi connectivity index (χ2v) is 5.17. The molecule has 0 aliphatic carbocycles. The molecule has 4 heteroatoms. The van der Waals surface area contributed by atoms with Gasteiger partial charge in [0, 0.05) is 6.54 Å². The Labute approximate surface area is 117 Å². The van der Waals surface area contributed by atoms with Gasteiger partial charge in [0.15, 0.2) is 0 Å². The maximum absolute atomic E-state index is 13.1. The molecule has 1 heterocycles. The molecule has 0 spiro atoms. The van der Waals surface area contributed by atoms with Crippen LogP contribution in [0.3, 0.4) is 0 Å². The molecule has 19 heavy (non-hydrogen) atoms. The first-order valence-electron chi connectivity index (χ1n) is 6.36. The Morgan fingerprint density at radius 2 is 2.16 bits per heavy atom. The van der Waals surface area contributed by atoms with Gasteiger partial charge in [-0.15, -0.1) is 0 Å². The normalized spacial score (nSPS) is 10.6.